The number of nitrogens with one attached hydrogen (secondary N) is 1. The van der Waals surface area contributed by atoms with E-state index in [-0.39, 0.29) is 17.9 Å². The van der Waals surface area contributed by atoms with E-state index in [1.165, 1.54) is 11.1 Å². The predicted octanol–water partition coefficient (Wildman–Crippen LogP) is 3.88. The van der Waals surface area contributed by atoms with Crippen molar-refractivity contribution >= 4 is 5.91 Å². The molecule has 1 aromatic heterocycles. The molecule has 1 aliphatic heterocycles. The smallest absolute Gasteiger partial charge is 0.223 e. The minimum Gasteiger partial charge on any atom is -0.496 e. The third-order valence-electron chi connectivity index (χ3n) is 6.16. The number of hydrogen-bond donors (Lipinski definition) is 1. The molecule has 5 heteroatoms. The molecule has 2 aliphatic rings. The molecule has 1 aromatic carbocycles. The van der Waals surface area contributed by atoms with Gasteiger partial charge in [-0.1, -0.05) is 24.3 Å². The van der Waals surface area contributed by atoms with Crippen LogP contribution in [0.3, 0.4) is 0 Å². The molecule has 1 saturated carbocycles. The summed E-state index contributed by atoms with van der Waals surface area (Å²) in [5.74, 6) is 1.74. The van der Waals surface area contributed by atoms with Crippen molar-refractivity contribution < 1.29 is 9.53 Å². The molecule has 4 rings (SSSR count). The highest BCUT2D eigenvalue weighted by Gasteiger charge is 2.35. The maximum Gasteiger partial charge on any atom is 0.223 e. The number of pyridine rings is 1. The third-order valence-corrected chi connectivity index (χ3v) is 6.16. The van der Waals surface area contributed by atoms with Crippen LogP contribution in [-0.4, -0.2) is 36.0 Å². The van der Waals surface area contributed by atoms with E-state index in [1.54, 1.807) is 7.11 Å². The van der Waals surface area contributed by atoms with Crippen molar-refractivity contribution in [2.45, 2.75) is 45.2 Å². The molecule has 1 amide bonds. The van der Waals surface area contributed by atoms with Gasteiger partial charge in [0.2, 0.25) is 5.91 Å². The average Bonchev–Trinajstić information content (AvgIpc) is 3.58. The van der Waals surface area contributed by atoms with Gasteiger partial charge in [0.05, 0.1) is 18.8 Å². The Bertz CT molecular complexity index is 835. The molecular formula is C24H31N3O2. The number of amides is 1. The number of rotatable bonds is 7. The highest BCUT2D eigenvalue weighted by Crippen LogP contribution is 2.34. The molecule has 5 nitrogen and oxygen atoms in total. The number of ether oxygens (including phenoxy) is 1. The molecule has 0 unspecified atom stereocenters. The molecule has 0 spiro atoms. The standard InChI is InChI=1S/C24H31N3O2/c1-17-7-5-8-20(23(17)29-2)16-27-14-6-9-19(15-27)22(21-10-3-4-13-25-21)26-24(28)18-11-12-18/h3-5,7-8,10,13,18-19,22H,6,9,11-12,14-16H2,1-2H3,(H,26,28)/t19-,22+/m0/s1. The molecule has 2 heterocycles. The maximum absolute atomic E-state index is 12.6. The molecule has 2 fully saturated rings. The Morgan fingerprint density at radius 3 is 2.83 bits per heavy atom. The van der Waals surface area contributed by atoms with Crippen molar-refractivity contribution in [3.05, 3.63) is 59.4 Å². The summed E-state index contributed by atoms with van der Waals surface area (Å²) in [7, 11) is 1.75. The second kappa shape index (κ2) is 8.95. The van der Waals surface area contributed by atoms with Crippen LogP contribution in [-0.2, 0) is 11.3 Å². The van der Waals surface area contributed by atoms with E-state index in [2.05, 4.69) is 40.3 Å². The Morgan fingerprint density at radius 1 is 1.24 bits per heavy atom. The monoisotopic (exact) mass is 393 g/mol. The number of hydrogen-bond acceptors (Lipinski definition) is 4. The fourth-order valence-corrected chi connectivity index (χ4v) is 4.49. The van der Waals surface area contributed by atoms with Crippen LogP contribution < -0.4 is 10.1 Å². The van der Waals surface area contributed by atoms with E-state index in [0.717, 1.165) is 56.8 Å². The van der Waals surface area contributed by atoms with E-state index >= 15 is 0 Å². The minimum atomic E-state index is -0.0218. The summed E-state index contributed by atoms with van der Waals surface area (Å²) < 4.78 is 5.65. The van der Waals surface area contributed by atoms with E-state index in [9.17, 15) is 4.79 Å². The lowest BCUT2D eigenvalue weighted by Crippen LogP contribution is -2.43. The van der Waals surface area contributed by atoms with Gasteiger partial charge in [-0.25, -0.2) is 0 Å². The zero-order valence-electron chi connectivity index (χ0n) is 17.4. The van der Waals surface area contributed by atoms with E-state index in [4.69, 9.17) is 4.74 Å². The molecule has 0 radical (unpaired) electrons. The molecule has 29 heavy (non-hydrogen) atoms. The first kappa shape index (κ1) is 19.9. The van der Waals surface area contributed by atoms with Gasteiger partial charge in [0, 0.05) is 30.8 Å². The fourth-order valence-electron chi connectivity index (χ4n) is 4.49. The largest absolute Gasteiger partial charge is 0.496 e. The van der Waals surface area contributed by atoms with Crippen LogP contribution in [0, 0.1) is 18.8 Å². The predicted molar refractivity (Wildman–Crippen MR) is 114 cm³/mol. The van der Waals surface area contributed by atoms with Crippen molar-refractivity contribution in [1.82, 2.24) is 15.2 Å². The van der Waals surface area contributed by atoms with Crippen molar-refractivity contribution in [2.75, 3.05) is 20.2 Å². The van der Waals surface area contributed by atoms with E-state index in [1.807, 2.05) is 24.4 Å². The van der Waals surface area contributed by atoms with Crippen LogP contribution in [0.1, 0.15) is 48.5 Å². The molecule has 0 bridgehead atoms. The number of benzene rings is 1. The highest BCUT2D eigenvalue weighted by molar-refractivity contribution is 5.81. The summed E-state index contributed by atoms with van der Waals surface area (Å²) in [5.41, 5.74) is 3.37. The van der Waals surface area contributed by atoms with Crippen LogP contribution in [0.2, 0.25) is 0 Å². The molecular weight excluding hydrogens is 362 g/mol. The molecule has 1 aliphatic carbocycles. The van der Waals surface area contributed by atoms with Gasteiger partial charge in [-0.05, 0) is 62.8 Å². The van der Waals surface area contributed by atoms with E-state index in [0.29, 0.717) is 5.92 Å². The first-order valence-electron chi connectivity index (χ1n) is 10.7. The zero-order valence-corrected chi connectivity index (χ0v) is 17.4. The Hall–Kier alpha value is -2.40. The normalized spacial score (nSPS) is 20.8. The van der Waals surface area contributed by atoms with Gasteiger partial charge < -0.3 is 10.1 Å². The Balaban J connectivity index is 1.50. The number of methoxy groups -OCH3 is 1. The van der Waals surface area contributed by atoms with Crippen LogP contribution in [0.25, 0.3) is 0 Å². The second-order valence-corrected chi connectivity index (χ2v) is 8.42. The van der Waals surface area contributed by atoms with Gasteiger partial charge in [-0.15, -0.1) is 0 Å². The number of piperidine rings is 1. The van der Waals surface area contributed by atoms with Crippen LogP contribution in [0.4, 0.5) is 0 Å². The fraction of sp³-hybridized carbons (Fsp3) is 0.500. The molecule has 154 valence electrons. The van der Waals surface area contributed by atoms with Crippen LogP contribution >= 0.6 is 0 Å². The topological polar surface area (TPSA) is 54.5 Å². The Morgan fingerprint density at radius 2 is 2.10 bits per heavy atom. The summed E-state index contributed by atoms with van der Waals surface area (Å²) in [6, 6.07) is 12.3. The second-order valence-electron chi connectivity index (χ2n) is 8.42. The average molecular weight is 394 g/mol. The van der Waals surface area contributed by atoms with Crippen LogP contribution in [0.5, 0.6) is 5.75 Å². The van der Waals surface area contributed by atoms with Crippen LogP contribution in [0.15, 0.2) is 42.6 Å². The lowest BCUT2D eigenvalue weighted by Gasteiger charge is -2.37. The summed E-state index contributed by atoms with van der Waals surface area (Å²) in [5, 5.41) is 3.33. The molecule has 1 N–H and O–H groups in total. The van der Waals surface area contributed by atoms with Gasteiger partial charge in [0.15, 0.2) is 0 Å². The Kier molecular flexibility index (Phi) is 6.14. The van der Waals surface area contributed by atoms with Crippen molar-refractivity contribution in [3.8, 4) is 5.75 Å². The molecule has 2 atom stereocenters. The molecule has 1 saturated heterocycles. The zero-order chi connectivity index (χ0) is 20.2. The maximum atomic E-state index is 12.6. The summed E-state index contributed by atoms with van der Waals surface area (Å²) >= 11 is 0. The van der Waals surface area contributed by atoms with E-state index < -0.39 is 0 Å². The van der Waals surface area contributed by atoms with Crippen molar-refractivity contribution in [2.24, 2.45) is 11.8 Å². The quantitative estimate of drug-likeness (QED) is 0.776. The number of likely N-dealkylation sites (tertiary alicyclic amines) is 1. The summed E-state index contributed by atoms with van der Waals surface area (Å²) in [6.07, 6.45) is 6.09. The SMILES string of the molecule is COc1c(C)cccc1CN1CCC[C@H]([C@@H](NC(=O)C2CC2)c2ccccn2)C1. The first-order valence-corrected chi connectivity index (χ1v) is 10.7. The highest BCUT2D eigenvalue weighted by atomic mass is 16.5. The number of para-hydroxylation sites is 1. The minimum absolute atomic E-state index is 0.0218. The number of nitrogens with zero attached hydrogens (tertiary/aromatic N) is 2. The van der Waals surface area contributed by atoms with Gasteiger partial charge >= 0.3 is 0 Å². The van der Waals surface area contributed by atoms with Gasteiger partial charge in [-0.3, -0.25) is 14.7 Å². The summed E-state index contributed by atoms with van der Waals surface area (Å²) in [6.45, 7) is 4.97. The number of aromatic nitrogens is 1. The molecule has 2 aromatic rings. The van der Waals surface area contributed by atoms with Crippen molar-refractivity contribution in [3.63, 3.8) is 0 Å². The first-order chi connectivity index (χ1) is 14.2. The third kappa shape index (κ3) is 4.78. The van der Waals surface area contributed by atoms with Gasteiger partial charge in [0.25, 0.3) is 0 Å². The number of aryl methyl sites for hydroxylation is 1. The summed E-state index contributed by atoms with van der Waals surface area (Å²) in [4.78, 5) is 19.6. The number of carbonyl (C=O) groups is 1. The Labute approximate surface area is 173 Å². The lowest BCUT2D eigenvalue weighted by molar-refractivity contribution is -0.123. The van der Waals surface area contributed by atoms with Gasteiger partial charge in [0.1, 0.15) is 5.75 Å². The number of carbonyl (C=O) groups excluding carboxylic acids is 1. The van der Waals surface area contributed by atoms with Gasteiger partial charge in [-0.2, -0.15) is 0 Å². The van der Waals surface area contributed by atoms with Crippen molar-refractivity contribution in [1.29, 1.82) is 0 Å². The lowest BCUT2D eigenvalue weighted by atomic mass is 9.88.